The van der Waals surface area contributed by atoms with E-state index in [4.69, 9.17) is 0 Å². The molecule has 4 aromatic rings. The molecule has 0 radical (unpaired) electrons. The van der Waals surface area contributed by atoms with Crippen LogP contribution in [0.25, 0.3) is 11.1 Å². The number of carboxylic acids is 1. The minimum atomic E-state index is -0.977. The van der Waals surface area contributed by atoms with Gasteiger partial charge in [0.15, 0.2) is 0 Å². The molecule has 0 saturated heterocycles. The first-order chi connectivity index (χ1) is 20.4. The second-order valence-corrected chi connectivity index (χ2v) is 10.1. The summed E-state index contributed by atoms with van der Waals surface area (Å²) >= 11 is 0. The van der Waals surface area contributed by atoms with E-state index in [0.29, 0.717) is 41.8 Å². The minimum absolute atomic E-state index is 0.0658. The van der Waals surface area contributed by atoms with Gasteiger partial charge in [-0.25, -0.2) is 0 Å². The smallest absolute Gasteiger partial charge is 0.305 e. The number of amides is 2. The highest BCUT2D eigenvalue weighted by Crippen LogP contribution is 2.30. The van der Waals surface area contributed by atoms with Crippen molar-refractivity contribution < 1.29 is 24.6 Å². The highest BCUT2D eigenvalue weighted by Gasteiger charge is 2.24. The number of benzene rings is 4. The van der Waals surface area contributed by atoms with Gasteiger partial charge < -0.3 is 20.0 Å². The Bertz CT molecular complexity index is 1520. The van der Waals surface area contributed by atoms with E-state index in [1.54, 1.807) is 34.1 Å². The Kier molecular flexibility index (Phi) is 10.6. The maximum Gasteiger partial charge on any atom is 0.305 e. The zero-order valence-electron chi connectivity index (χ0n) is 23.8. The van der Waals surface area contributed by atoms with Gasteiger partial charge in [-0.05, 0) is 53.3 Å². The number of carboxylic acid groups (broad SMARTS) is 1. The minimum Gasteiger partial charge on any atom is -0.481 e. The molecule has 0 atom stereocenters. The third-order valence-corrected chi connectivity index (χ3v) is 7.27. The van der Waals surface area contributed by atoms with E-state index in [1.165, 1.54) is 0 Å². The number of carbonyl (C=O) groups excluding carboxylic acids is 2. The average molecular weight is 565 g/mol. The number of hydrogen-bond donors (Lipinski definition) is 2. The number of aliphatic hydroxyl groups is 1. The molecule has 0 aliphatic carbocycles. The Morgan fingerprint density at radius 3 is 1.79 bits per heavy atom. The molecule has 216 valence electrons. The van der Waals surface area contributed by atoms with Gasteiger partial charge in [0.05, 0.1) is 13.0 Å². The van der Waals surface area contributed by atoms with Gasteiger partial charge in [-0.3, -0.25) is 14.4 Å². The SMILES string of the molecule is Cc1ccccc1CCN(CCC(=O)O)C(=O)c1ccccc1-c1ccccc1C(=O)N(CCO)Cc1ccccc1. The molecule has 0 fully saturated rings. The fraction of sp³-hybridized carbons (Fsp3) is 0.229. The van der Waals surface area contributed by atoms with Crippen LogP contribution in [0.15, 0.2) is 103 Å². The monoisotopic (exact) mass is 564 g/mol. The van der Waals surface area contributed by atoms with E-state index in [2.05, 4.69) is 0 Å². The molecule has 0 bridgehead atoms. The molecule has 0 aliphatic heterocycles. The van der Waals surface area contributed by atoms with E-state index in [0.717, 1.165) is 16.7 Å². The molecule has 0 unspecified atom stereocenters. The van der Waals surface area contributed by atoms with Gasteiger partial charge in [0.1, 0.15) is 0 Å². The lowest BCUT2D eigenvalue weighted by atomic mass is 9.93. The number of aliphatic hydroxyl groups excluding tert-OH is 1. The highest BCUT2D eigenvalue weighted by molar-refractivity contribution is 6.06. The van der Waals surface area contributed by atoms with Crippen LogP contribution in [0.3, 0.4) is 0 Å². The van der Waals surface area contributed by atoms with Crippen molar-refractivity contribution in [3.8, 4) is 11.1 Å². The standard InChI is InChI=1S/C35H36N2O5/c1-26-11-5-6-14-28(26)19-21-36(22-20-33(39)40)34(41)31-17-9-7-15-29(31)30-16-8-10-18-32(30)35(42)37(23-24-38)25-27-12-3-2-4-13-27/h2-18,38H,19-25H2,1H3,(H,39,40). The first-order valence-electron chi connectivity index (χ1n) is 14.1. The van der Waals surface area contributed by atoms with Crippen molar-refractivity contribution >= 4 is 17.8 Å². The first kappa shape index (κ1) is 30.2. The third kappa shape index (κ3) is 7.71. The van der Waals surface area contributed by atoms with Crippen molar-refractivity contribution in [1.82, 2.24) is 9.80 Å². The second kappa shape index (κ2) is 14.8. The normalized spacial score (nSPS) is 10.7. The van der Waals surface area contributed by atoms with Crippen molar-refractivity contribution in [1.29, 1.82) is 0 Å². The Labute approximate surface area is 246 Å². The molecule has 4 aromatic carbocycles. The number of aryl methyl sites for hydroxylation is 1. The van der Waals surface area contributed by atoms with Gasteiger partial charge in [0.2, 0.25) is 0 Å². The van der Waals surface area contributed by atoms with Crippen molar-refractivity contribution in [2.75, 3.05) is 26.2 Å². The Morgan fingerprint density at radius 1 is 0.643 bits per heavy atom. The van der Waals surface area contributed by atoms with E-state index in [1.807, 2.05) is 85.8 Å². The number of carbonyl (C=O) groups is 3. The number of rotatable bonds is 13. The zero-order chi connectivity index (χ0) is 29.9. The van der Waals surface area contributed by atoms with E-state index in [-0.39, 0.29) is 37.9 Å². The van der Waals surface area contributed by atoms with Crippen LogP contribution in [-0.2, 0) is 17.8 Å². The molecule has 0 saturated carbocycles. The predicted molar refractivity (Wildman–Crippen MR) is 163 cm³/mol. The van der Waals surface area contributed by atoms with Crippen molar-refractivity contribution in [2.45, 2.75) is 26.3 Å². The summed E-state index contributed by atoms with van der Waals surface area (Å²) in [4.78, 5) is 42.5. The van der Waals surface area contributed by atoms with Gasteiger partial charge in [-0.2, -0.15) is 0 Å². The summed E-state index contributed by atoms with van der Waals surface area (Å²) in [5.41, 5.74) is 5.14. The zero-order valence-corrected chi connectivity index (χ0v) is 23.8. The van der Waals surface area contributed by atoms with Gasteiger partial charge in [-0.1, -0.05) is 91.0 Å². The fourth-order valence-corrected chi connectivity index (χ4v) is 5.02. The molecule has 7 nitrogen and oxygen atoms in total. The molecular formula is C35H36N2O5. The summed E-state index contributed by atoms with van der Waals surface area (Å²) in [6.07, 6.45) is 0.414. The number of hydrogen-bond acceptors (Lipinski definition) is 4. The van der Waals surface area contributed by atoms with Gasteiger partial charge >= 0.3 is 5.97 Å². The van der Waals surface area contributed by atoms with Crippen LogP contribution in [0.4, 0.5) is 0 Å². The van der Waals surface area contributed by atoms with E-state index < -0.39 is 5.97 Å². The quantitative estimate of drug-likeness (QED) is 0.225. The molecule has 42 heavy (non-hydrogen) atoms. The fourth-order valence-electron chi connectivity index (χ4n) is 5.02. The molecule has 0 aliphatic rings. The second-order valence-electron chi connectivity index (χ2n) is 10.1. The molecular weight excluding hydrogens is 528 g/mol. The van der Waals surface area contributed by atoms with Crippen LogP contribution in [0.1, 0.15) is 43.8 Å². The number of aliphatic carboxylic acids is 1. The molecule has 0 aromatic heterocycles. The third-order valence-electron chi connectivity index (χ3n) is 7.27. The largest absolute Gasteiger partial charge is 0.481 e. The highest BCUT2D eigenvalue weighted by atomic mass is 16.4. The summed E-state index contributed by atoms with van der Waals surface area (Å²) in [7, 11) is 0. The maximum atomic E-state index is 14.0. The lowest BCUT2D eigenvalue weighted by Crippen LogP contribution is -2.35. The number of nitrogens with zero attached hydrogens (tertiary/aromatic N) is 2. The van der Waals surface area contributed by atoms with Crippen LogP contribution >= 0.6 is 0 Å². The topological polar surface area (TPSA) is 98.2 Å². The average Bonchev–Trinajstić information content (AvgIpc) is 3.01. The molecule has 2 amide bonds. The molecule has 7 heteroatoms. The molecule has 0 spiro atoms. The van der Waals surface area contributed by atoms with Crippen LogP contribution in [-0.4, -0.2) is 64.0 Å². The summed E-state index contributed by atoms with van der Waals surface area (Å²) in [6.45, 7) is 2.74. The molecule has 4 rings (SSSR count). The first-order valence-corrected chi connectivity index (χ1v) is 14.1. The lowest BCUT2D eigenvalue weighted by molar-refractivity contribution is -0.137. The van der Waals surface area contributed by atoms with E-state index in [9.17, 15) is 24.6 Å². The Morgan fingerprint density at radius 2 is 1.19 bits per heavy atom. The Hall–Kier alpha value is -4.75. The van der Waals surface area contributed by atoms with Crippen LogP contribution in [0, 0.1) is 6.92 Å². The maximum absolute atomic E-state index is 14.0. The van der Waals surface area contributed by atoms with E-state index >= 15 is 0 Å². The van der Waals surface area contributed by atoms with Crippen molar-refractivity contribution in [3.63, 3.8) is 0 Å². The summed E-state index contributed by atoms with van der Waals surface area (Å²) in [6, 6.07) is 31.8. The van der Waals surface area contributed by atoms with Crippen LogP contribution in [0.2, 0.25) is 0 Å². The summed E-state index contributed by atoms with van der Waals surface area (Å²) < 4.78 is 0. The summed E-state index contributed by atoms with van der Waals surface area (Å²) in [5, 5.41) is 19.1. The van der Waals surface area contributed by atoms with Crippen molar-refractivity contribution in [2.24, 2.45) is 0 Å². The van der Waals surface area contributed by atoms with Gasteiger partial charge in [0, 0.05) is 37.3 Å². The van der Waals surface area contributed by atoms with Crippen LogP contribution in [0.5, 0.6) is 0 Å². The molecule has 0 heterocycles. The van der Waals surface area contributed by atoms with Gasteiger partial charge in [0.25, 0.3) is 11.8 Å². The van der Waals surface area contributed by atoms with Crippen LogP contribution < -0.4 is 0 Å². The predicted octanol–water partition coefficient (Wildman–Crippen LogP) is 5.46. The Balaban J connectivity index is 1.67. The molecule has 2 N–H and O–H groups in total. The lowest BCUT2D eigenvalue weighted by Gasteiger charge is -2.25. The van der Waals surface area contributed by atoms with Gasteiger partial charge in [-0.15, -0.1) is 0 Å². The van der Waals surface area contributed by atoms with Crippen molar-refractivity contribution in [3.05, 3.63) is 131 Å². The summed E-state index contributed by atoms with van der Waals surface area (Å²) in [5.74, 6) is -1.53.